The van der Waals surface area contributed by atoms with Crippen LogP contribution in [0.2, 0.25) is 0 Å². The number of hydrogen-bond donors (Lipinski definition) is 4. The summed E-state index contributed by atoms with van der Waals surface area (Å²) in [5, 5.41) is 43.1. The molecule has 0 radical (unpaired) electrons. The number of hydrogen-bond acceptors (Lipinski definition) is 5. The van der Waals surface area contributed by atoms with Gasteiger partial charge in [-0.05, 0) is 62.8 Å². The van der Waals surface area contributed by atoms with Gasteiger partial charge >= 0.3 is 0 Å². The third-order valence-corrected chi connectivity index (χ3v) is 5.38. The van der Waals surface area contributed by atoms with Crippen LogP contribution in [0.1, 0.15) is 105 Å². The van der Waals surface area contributed by atoms with Crippen molar-refractivity contribution in [2.75, 3.05) is 0 Å². The van der Waals surface area contributed by atoms with Crippen molar-refractivity contribution < 1.29 is 25.2 Å². The Balaban J connectivity index is 2.76. The Morgan fingerprint density at radius 3 is 1.23 bits per heavy atom. The quantitative estimate of drug-likeness (QED) is 0.497. The number of phenolic OH excluding ortho intramolecular Hbond substituents is 2. The highest BCUT2D eigenvalue weighted by Crippen LogP contribution is 2.42. The lowest BCUT2D eigenvalue weighted by molar-refractivity contribution is 0.0739. The van der Waals surface area contributed by atoms with E-state index >= 15 is 0 Å². The first-order valence-electron chi connectivity index (χ1n) is 10.3. The van der Waals surface area contributed by atoms with E-state index in [9.17, 15) is 25.2 Å². The van der Waals surface area contributed by atoms with Crippen LogP contribution in [-0.4, -0.2) is 26.2 Å². The fourth-order valence-electron chi connectivity index (χ4n) is 3.97. The number of aliphatic hydroxyl groups is 2. The lowest BCUT2D eigenvalue weighted by Crippen LogP contribution is -2.21. The van der Waals surface area contributed by atoms with Crippen LogP contribution in [0.5, 0.6) is 11.5 Å². The summed E-state index contributed by atoms with van der Waals surface area (Å²) in [7, 11) is 0. The molecule has 0 aromatic heterocycles. The van der Waals surface area contributed by atoms with Gasteiger partial charge in [-0.25, -0.2) is 0 Å². The van der Waals surface area contributed by atoms with Gasteiger partial charge in [-0.2, -0.15) is 0 Å². The fourth-order valence-corrected chi connectivity index (χ4v) is 3.97. The molecule has 0 heterocycles. The number of ketones is 1. The van der Waals surface area contributed by atoms with Crippen molar-refractivity contribution in [1.29, 1.82) is 0 Å². The second kappa shape index (κ2) is 8.05. The lowest BCUT2D eigenvalue weighted by Gasteiger charge is -2.27. The lowest BCUT2D eigenvalue weighted by atomic mass is 9.82. The molecule has 0 fully saturated rings. The molecule has 0 saturated heterocycles. The molecule has 4 N–H and O–H groups in total. The first kappa shape index (κ1) is 23.9. The highest BCUT2D eigenvalue weighted by molar-refractivity contribution is 6.12. The van der Waals surface area contributed by atoms with Crippen LogP contribution in [0.15, 0.2) is 24.3 Å². The summed E-state index contributed by atoms with van der Waals surface area (Å²) in [5.41, 5.74) is -0.657. The molecule has 2 aromatic rings. The topological polar surface area (TPSA) is 98.0 Å². The van der Waals surface area contributed by atoms with E-state index in [1.54, 1.807) is 39.8 Å². The largest absolute Gasteiger partial charge is 0.507 e. The van der Waals surface area contributed by atoms with E-state index in [4.69, 9.17) is 0 Å². The molecule has 0 atom stereocenters. The van der Waals surface area contributed by atoms with Crippen molar-refractivity contribution in [2.24, 2.45) is 0 Å². The van der Waals surface area contributed by atoms with Crippen LogP contribution < -0.4 is 0 Å². The minimum Gasteiger partial charge on any atom is -0.507 e. The van der Waals surface area contributed by atoms with Crippen LogP contribution in [0, 0.1) is 0 Å². The van der Waals surface area contributed by atoms with Gasteiger partial charge in [0.25, 0.3) is 0 Å². The van der Waals surface area contributed by atoms with Gasteiger partial charge in [-0.3, -0.25) is 4.79 Å². The van der Waals surface area contributed by atoms with Crippen LogP contribution in [0.25, 0.3) is 0 Å². The Labute approximate surface area is 179 Å². The van der Waals surface area contributed by atoms with Crippen molar-refractivity contribution in [3.8, 4) is 11.5 Å². The molecular formula is C25H34O5. The predicted molar refractivity (Wildman–Crippen MR) is 118 cm³/mol. The smallest absolute Gasteiger partial charge is 0.200 e. The second-order valence-electron chi connectivity index (χ2n) is 9.61. The minimum absolute atomic E-state index is 0.00850. The first-order chi connectivity index (χ1) is 13.6. The summed E-state index contributed by atoms with van der Waals surface area (Å²) >= 11 is 0. The zero-order chi connectivity index (χ0) is 23.2. The normalized spacial score (nSPS) is 12.7. The van der Waals surface area contributed by atoms with Crippen molar-refractivity contribution in [3.05, 3.63) is 57.6 Å². The third-order valence-electron chi connectivity index (χ3n) is 5.38. The SMILES string of the molecule is CC(C)c1ccc(C(=O)c2ccc(C(C)C)c(C(C)(C)O)c2O)c(O)c1C(C)(C)O. The van der Waals surface area contributed by atoms with Gasteiger partial charge in [0.05, 0.1) is 22.3 Å². The molecule has 2 rings (SSSR count). The van der Waals surface area contributed by atoms with E-state index in [1.165, 1.54) is 12.1 Å². The fraction of sp³-hybridized carbons (Fsp3) is 0.480. The van der Waals surface area contributed by atoms with E-state index in [1.807, 2.05) is 27.7 Å². The predicted octanol–water partition coefficient (Wildman–Crippen LogP) is 5.03. The van der Waals surface area contributed by atoms with Crippen LogP contribution in [0.4, 0.5) is 0 Å². The number of carbonyl (C=O) groups is 1. The average Bonchev–Trinajstić information content (AvgIpc) is 2.57. The van der Waals surface area contributed by atoms with Crippen molar-refractivity contribution in [1.82, 2.24) is 0 Å². The summed E-state index contributed by atoms with van der Waals surface area (Å²) in [4.78, 5) is 13.3. The maximum absolute atomic E-state index is 13.3. The van der Waals surface area contributed by atoms with E-state index in [2.05, 4.69) is 0 Å². The molecule has 164 valence electrons. The Morgan fingerprint density at radius 2 is 1.00 bits per heavy atom. The van der Waals surface area contributed by atoms with Crippen LogP contribution in [-0.2, 0) is 11.2 Å². The van der Waals surface area contributed by atoms with Crippen LogP contribution in [0.3, 0.4) is 0 Å². The van der Waals surface area contributed by atoms with Gasteiger partial charge in [0.15, 0.2) is 5.78 Å². The zero-order valence-corrected chi connectivity index (χ0v) is 19.2. The highest BCUT2D eigenvalue weighted by Gasteiger charge is 2.32. The number of carbonyl (C=O) groups excluding carboxylic acids is 1. The van der Waals surface area contributed by atoms with Gasteiger partial charge < -0.3 is 20.4 Å². The standard InChI is InChI=1S/C25H34O5/c1-13(2)15-9-11-17(22(27)19(15)24(5,6)29)21(26)18-12-10-16(14(3)4)20(23(18)28)25(7,8)30/h9-14,27-30H,1-8H3. The molecule has 0 unspecified atom stereocenters. The van der Waals surface area contributed by atoms with Gasteiger partial charge in [-0.1, -0.05) is 39.8 Å². The average molecular weight is 415 g/mol. The molecule has 0 amide bonds. The molecule has 0 bridgehead atoms. The highest BCUT2D eigenvalue weighted by atomic mass is 16.3. The van der Waals surface area contributed by atoms with Crippen LogP contribution >= 0.6 is 0 Å². The molecule has 30 heavy (non-hydrogen) atoms. The zero-order valence-electron chi connectivity index (χ0n) is 19.2. The third kappa shape index (κ3) is 4.37. The van der Waals surface area contributed by atoms with Gasteiger partial charge in [0.1, 0.15) is 11.5 Å². The molecule has 5 nitrogen and oxygen atoms in total. The molecule has 0 aliphatic rings. The van der Waals surface area contributed by atoms with E-state index in [-0.39, 0.29) is 34.5 Å². The maximum Gasteiger partial charge on any atom is 0.200 e. The van der Waals surface area contributed by atoms with Gasteiger partial charge in [0.2, 0.25) is 0 Å². The monoisotopic (exact) mass is 414 g/mol. The van der Waals surface area contributed by atoms with Crippen molar-refractivity contribution >= 4 is 5.78 Å². The van der Waals surface area contributed by atoms with E-state index < -0.39 is 17.0 Å². The molecule has 2 aromatic carbocycles. The van der Waals surface area contributed by atoms with Gasteiger partial charge in [-0.15, -0.1) is 0 Å². The number of rotatable bonds is 6. The second-order valence-corrected chi connectivity index (χ2v) is 9.61. The minimum atomic E-state index is -1.36. The summed E-state index contributed by atoms with van der Waals surface area (Å²) < 4.78 is 0. The molecular weight excluding hydrogens is 380 g/mol. The van der Waals surface area contributed by atoms with Crippen molar-refractivity contribution in [2.45, 2.75) is 78.4 Å². The molecule has 0 aliphatic heterocycles. The Kier molecular flexibility index (Phi) is 6.41. The summed E-state index contributed by atoms with van der Waals surface area (Å²) in [6, 6.07) is 6.48. The number of phenols is 2. The molecule has 0 saturated carbocycles. The summed E-state index contributed by atoms with van der Waals surface area (Å²) in [6.07, 6.45) is 0. The molecule has 0 spiro atoms. The number of benzene rings is 2. The maximum atomic E-state index is 13.3. The number of aromatic hydroxyl groups is 2. The molecule has 0 aliphatic carbocycles. The van der Waals surface area contributed by atoms with E-state index in [0.29, 0.717) is 11.1 Å². The van der Waals surface area contributed by atoms with Crippen molar-refractivity contribution in [3.63, 3.8) is 0 Å². The summed E-state index contributed by atoms with van der Waals surface area (Å²) in [5.74, 6) is -1.11. The van der Waals surface area contributed by atoms with E-state index in [0.717, 1.165) is 11.1 Å². The summed E-state index contributed by atoms with van der Waals surface area (Å²) in [6.45, 7) is 14.0. The Hall–Kier alpha value is -2.37. The Morgan fingerprint density at radius 1 is 0.700 bits per heavy atom. The Bertz CT molecular complexity index is 879. The van der Waals surface area contributed by atoms with Gasteiger partial charge in [0, 0.05) is 11.1 Å². The molecule has 5 heteroatoms. The first-order valence-corrected chi connectivity index (χ1v) is 10.3.